The molecule has 0 saturated heterocycles. The minimum atomic E-state index is -1.35. The molecule has 0 aliphatic carbocycles. The lowest BCUT2D eigenvalue weighted by Crippen LogP contribution is -2.27. The van der Waals surface area contributed by atoms with Crippen LogP contribution in [-0.4, -0.2) is 29.3 Å². The summed E-state index contributed by atoms with van der Waals surface area (Å²) in [6, 6.07) is 8.58. The number of methoxy groups -OCH3 is 1. The van der Waals surface area contributed by atoms with Gasteiger partial charge in [0.25, 0.3) is 0 Å². The highest BCUT2D eigenvalue weighted by Gasteiger charge is 2.30. The molecule has 0 aliphatic heterocycles. The van der Waals surface area contributed by atoms with Crippen LogP contribution in [0.25, 0.3) is 0 Å². The fraction of sp³-hybridized carbons (Fsp3) is 0.333. The number of carbonyl (C=O) groups is 2. The second-order valence-corrected chi connectivity index (χ2v) is 3.58. The smallest absolute Gasteiger partial charge is 0.320 e. The third kappa shape index (κ3) is 3.57. The number of esters is 1. The lowest BCUT2D eigenvalue weighted by molar-refractivity contribution is -0.158. The lowest BCUT2D eigenvalue weighted by atomic mass is 9.97. The highest BCUT2D eigenvalue weighted by molar-refractivity contribution is 5.93. The Kier molecular flexibility index (Phi) is 4.66. The Bertz CT molecular complexity index is 387. The maximum atomic E-state index is 11.2. The number of benzene rings is 1. The standard InChI is InChI=1S/C12H14O5/c1-17-12(16)9(11(14)15)7-10(13)8-5-3-2-4-6-8/h2-6,9-10,13H,7H2,1H3,(H,14,15). The zero-order valence-corrected chi connectivity index (χ0v) is 9.37. The topological polar surface area (TPSA) is 83.8 Å². The summed E-state index contributed by atoms with van der Waals surface area (Å²) in [6.45, 7) is 0. The molecule has 0 fully saturated rings. The van der Waals surface area contributed by atoms with Gasteiger partial charge in [-0.2, -0.15) is 0 Å². The zero-order valence-electron chi connectivity index (χ0n) is 9.37. The molecule has 0 aliphatic rings. The van der Waals surface area contributed by atoms with Crippen molar-refractivity contribution in [1.82, 2.24) is 0 Å². The number of hydrogen-bond acceptors (Lipinski definition) is 4. The molecule has 0 heterocycles. The van der Waals surface area contributed by atoms with Crippen LogP contribution in [0.15, 0.2) is 30.3 Å². The van der Waals surface area contributed by atoms with Crippen molar-refractivity contribution in [2.75, 3.05) is 7.11 Å². The summed E-state index contributed by atoms with van der Waals surface area (Å²) in [4.78, 5) is 22.1. The van der Waals surface area contributed by atoms with Crippen LogP contribution >= 0.6 is 0 Å². The molecule has 5 nitrogen and oxygen atoms in total. The molecule has 0 amide bonds. The normalized spacial score (nSPS) is 13.8. The van der Waals surface area contributed by atoms with Gasteiger partial charge in [0.15, 0.2) is 5.92 Å². The van der Waals surface area contributed by atoms with Crippen molar-refractivity contribution in [3.8, 4) is 0 Å². The first-order valence-corrected chi connectivity index (χ1v) is 5.10. The summed E-state index contributed by atoms with van der Waals surface area (Å²) >= 11 is 0. The molecule has 17 heavy (non-hydrogen) atoms. The summed E-state index contributed by atoms with van der Waals surface area (Å²) in [7, 11) is 1.12. The minimum Gasteiger partial charge on any atom is -0.481 e. The highest BCUT2D eigenvalue weighted by Crippen LogP contribution is 2.22. The monoisotopic (exact) mass is 238 g/mol. The Morgan fingerprint density at radius 2 is 1.88 bits per heavy atom. The molecular weight excluding hydrogens is 224 g/mol. The average Bonchev–Trinajstić information content (AvgIpc) is 2.35. The number of rotatable bonds is 5. The van der Waals surface area contributed by atoms with E-state index < -0.39 is 24.0 Å². The summed E-state index contributed by atoms with van der Waals surface area (Å²) in [6.07, 6.45) is -1.21. The molecule has 2 unspecified atom stereocenters. The van der Waals surface area contributed by atoms with Crippen molar-refractivity contribution in [3.63, 3.8) is 0 Å². The number of carboxylic acids is 1. The SMILES string of the molecule is COC(=O)C(CC(O)c1ccccc1)C(=O)O. The van der Waals surface area contributed by atoms with E-state index in [2.05, 4.69) is 4.74 Å². The molecule has 0 spiro atoms. The van der Waals surface area contributed by atoms with E-state index in [4.69, 9.17) is 5.11 Å². The van der Waals surface area contributed by atoms with E-state index in [0.29, 0.717) is 5.56 Å². The van der Waals surface area contributed by atoms with Gasteiger partial charge in [-0.1, -0.05) is 30.3 Å². The van der Waals surface area contributed by atoms with Crippen molar-refractivity contribution >= 4 is 11.9 Å². The van der Waals surface area contributed by atoms with Gasteiger partial charge in [-0.25, -0.2) is 0 Å². The zero-order chi connectivity index (χ0) is 12.8. The van der Waals surface area contributed by atoms with Crippen LogP contribution in [0.5, 0.6) is 0 Å². The quantitative estimate of drug-likeness (QED) is 0.590. The van der Waals surface area contributed by atoms with Gasteiger partial charge < -0.3 is 14.9 Å². The van der Waals surface area contributed by atoms with E-state index >= 15 is 0 Å². The molecule has 92 valence electrons. The maximum absolute atomic E-state index is 11.2. The van der Waals surface area contributed by atoms with E-state index in [9.17, 15) is 14.7 Å². The van der Waals surface area contributed by atoms with Crippen LogP contribution in [-0.2, 0) is 14.3 Å². The van der Waals surface area contributed by atoms with E-state index in [0.717, 1.165) is 7.11 Å². The summed E-state index contributed by atoms with van der Waals surface area (Å²) in [5, 5.41) is 18.7. The number of carboxylic acid groups (broad SMARTS) is 1. The number of carbonyl (C=O) groups excluding carboxylic acids is 1. The minimum absolute atomic E-state index is 0.202. The third-order valence-electron chi connectivity index (χ3n) is 2.43. The van der Waals surface area contributed by atoms with Crippen LogP contribution in [0.1, 0.15) is 18.1 Å². The van der Waals surface area contributed by atoms with Gasteiger partial charge in [-0.05, 0) is 5.56 Å². The Labute approximate surface area is 98.6 Å². The Balaban J connectivity index is 2.74. The third-order valence-corrected chi connectivity index (χ3v) is 2.43. The van der Waals surface area contributed by atoms with Crippen LogP contribution in [0.2, 0.25) is 0 Å². The largest absolute Gasteiger partial charge is 0.481 e. The number of hydrogen-bond donors (Lipinski definition) is 2. The van der Waals surface area contributed by atoms with Crippen molar-refractivity contribution in [3.05, 3.63) is 35.9 Å². The molecule has 5 heteroatoms. The molecule has 0 aromatic heterocycles. The number of aliphatic hydroxyl groups excluding tert-OH is 1. The van der Waals surface area contributed by atoms with Crippen molar-refractivity contribution in [2.45, 2.75) is 12.5 Å². The summed E-state index contributed by atoms with van der Waals surface area (Å²) in [5.74, 6) is -3.51. The van der Waals surface area contributed by atoms with E-state index in [1.165, 1.54) is 0 Å². The van der Waals surface area contributed by atoms with Gasteiger partial charge in [0.2, 0.25) is 0 Å². The van der Waals surface area contributed by atoms with Gasteiger partial charge in [-0.3, -0.25) is 9.59 Å². The van der Waals surface area contributed by atoms with Crippen molar-refractivity contribution in [2.24, 2.45) is 5.92 Å². The number of ether oxygens (including phenoxy) is 1. The molecule has 2 atom stereocenters. The second-order valence-electron chi connectivity index (χ2n) is 3.58. The molecule has 1 rings (SSSR count). The molecule has 0 radical (unpaired) electrons. The van der Waals surface area contributed by atoms with Gasteiger partial charge in [0.05, 0.1) is 13.2 Å². The van der Waals surface area contributed by atoms with Gasteiger partial charge in [0.1, 0.15) is 0 Å². The fourth-order valence-corrected chi connectivity index (χ4v) is 1.47. The Hall–Kier alpha value is -1.88. The molecule has 0 bridgehead atoms. The van der Waals surface area contributed by atoms with Crippen LogP contribution in [0, 0.1) is 5.92 Å². The second kappa shape index (κ2) is 6.00. The van der Waals surface area contributed by atoms with Gasteiger partial charge >= 0.3 is 11.9 Å². The summed E-state index contributed by atoms with van der Waals surface area (Å²) in [5.41, 5.74) is 0.572. The van der Waals surface area contributed by atoms with Gasteiger partial charge in [-0.15, -0.1) is 0 Å². The highest BCUT2D eigenvalue weighted by atomic mass is 16.5. The first kappa shape index (κ1) is 13.2. The number of aliphatic carboxylic acids is 1. The van der Waals surface area contributed by atoms with Crippen LogP contribution in [0.4, 0.5) is 0 Å². The predicted octanol–water partition coefficient (Wildman–Crippen LogP) is 0.984. The Morgan fingerprint density at radius 1 is 1.29 bits per heavy atom. The van der Waals surface area contributed by atoms with Gasteiger partial charge in [0, 0.05) is 6.42 Å². The first-order chi connectivity index (χ1) is 8.06. The fourth-order valence-electron chi connectivity index (χ4n) is 1.47. The van der Waals surface area contributed by atoms with Crippen LogP contribution in [0.3, 0.4) is 0 Å². The van der Waals surface area contributed by atoms with Crippen molar-refractivity contribution in [1.29, 1.82) is 0 Å². The molecule has 1 aromatic rings. The number of aliphatic hydroxyl groups is 1. The van der Waals surface area contributed by atoms with E-state index in [1.54, 1.807) is 30.3 Å². The lowest BCUT2D eigenvalue weighted by Gasteiger charge is -2.15. The van der Waals surface area contributed by atoms with Crippen molar-refractivity contribution < 1.29 is 24.5 Å². The molecular formula is C12H14O5. The van der Waals surface area contributed by atoms with E-state index in [1.807, 2.05) is 0 Å². The molecule has 0 saturated carbocycles. The van der Waals surface area contributed by atoms with E-state index in [-0.39, 0.29) is 6.42 Å². The predicted molar refractivity (Wildman–Crippen MR) is 59.2 cm³/mol. The average molecular weight is 238 g/mol. The molecule has 2 N–H and O–H groups in total. The first-order valence-electron chi connectivity index (χ1n) is 5.10. The molecule has 1 aromatic carbocycles. The Morgan fingerprint density at radius 3 is 2.35 bits per heavy atom. The summed E-state index contributed by atoms with van der Waals surface area (Å²) < 4.78 is 4.38. The van der Waals surface area contributed by atoms with Crippen LogP contribution < -0.4 is 0 Å². The maximum Gasteiger partial charge on any atom is 0.320 e.